The molecule has 0 spiro atoms. The molecule has 1 aliphatic rings. The third kappa shape index (κ3) is 5.04. The average molecular weight is 355 g/mol. The molecule has 1 aromatic carbocycles. The van der Waals surface area contributed by atoms with Gasteiger partial charge in [0, 0.05) is 13.2 Å². The first-order valence-electron chi connectivity index (χ1n) is 7.60. The van der Waals surface area contributed by atoms with Crippen molar-refractivity contribution in [1.82, 2.24) is 5.32 Å². The Morgan fingerprint density at radius 1 is 1.38 bits per heavy atom. The van der Waals surface area contributed by atoms with E-state index in [1.54, 1.807) is 25.3 Å². The molecule has 0 radical (unpaired) electrons. The second kappa shape index (κ2) is 7.76. The van der Waals surface area contributed by atoms with Gasteiger partial charge in [0.25, 0.3) is 5.91 Å². The minimum atomic E-state index is -3.08. The smallest absolute Gasteiger partial charge is 0.338 e. The van der Waals surface area contributed by atoms with Crippen molar-refractivity contribution >= 4 is 21.7 Å². The molecule has 0 bridgehead atoms. The maximum absolute atomic E-state index is 12.1. The number of esters is 1. The highest BCUT2D eigenvalue weighted by Crippen LogP contribution is 2.12. The molecule has 2 rings (SSSR count). The van der Waals surface area contributed by atoms with E-state index in [2.05, 4.69) is 5.32 Å². The Labute approximate surface area is 141 Å². The summed E-state index contributed by atoms with van der Waals surface area (Å²) in [6, 6.07) is 6.33. The van der Waals surface area contributed by atoms with Gasteiger partial charge in [-0.3, -0.25) is 4.79 Å². The molecule has 7 nitrogen and oxygen atoms in total. The lowest BCUT2D eigenvalue weighted by atomic mass is 10.1. The summed E-state index contributed by atoms with van der Waals surface area (Å²) >= 11 is 0. The Hall–Kier alpha value is -1.93. The first-order valence-corrected chi connectivity index (χ1v) is 9.42. The Bertz CT molecular complexity index is 715. The third-order valence-electron chi connectivity index (χ3n) is 3.71. The van der Waals surface area contributed by atoms with Crippen molar-refractivity contribution in [2.45, 2.75) is 32.1 Å². The van der Waals surface area contributed by atoms with Crippen LogP contribution in [-0.2, 0) is 30.7 Å². The lowest BCUT2D eigenvalue weighted by molar-refractivity contribution is -0.129. The number of carbonyl (C=O) groups excluding carboxylic acids is 2. The van der Waals surface area contributed by atoms with Crippen LogP contribution in [0.4, 0.5) is 0 Å². The molecule has 2 atom stereocenters. The van der Waals surface area contributed by atoms with E-state index in [0.717, 1.165) is 5.56 Å². The summed E-state index contributed by atoms with van der Waals surface area (Å²) in [4.78, 5) is 24.2. The monoisotopic (exact) mass is 355 g/mol. The third-order valence-corrected chi connectivity index (χ3v) is 5.47. The molecule has 1 saturated heterocycles. The fourth-order valence-electron chi connectivity index (χ4n) is 2.46. The van der Waals surface area contributed by atoms with Crippen LogP contribution < -0.4 is 5.32 Å². The Kier molecular flexibility index (Phi) is 5.95. The number of benzene rings is 1. The van der Waals surface area contributed by atoms with Gasteiger partial charge in [0.05, 0.1) is 23.7 Å². The second-order valence-corrected chi connectivity index (χ2v) is 8.02. The quantitative estimate of drug-likeness (QED) is 0.754. The first-order chi connectivity index (χ1) is 11.3. The zero-order chi connectivity index (χ0) is 17.7. The fraction of sp³-hybridized carbons (Fsp3) is 0.500. The fourth-order valence-corrected chi connectivity index (χ4v) is 4.14. The SMILES string of the molecule is COCc1cccc(C(=O)O[C@@H](C)C(=O)N[C@@H]2CCS(=O)(=O)C2)c1. The van der Waals surface area contributed by atoms with Gasteiger partial charge in [-0.15, -0.1) is 0 Å². The highest BCUT2D eigenvalue weighted by Gasteiger charge is 2.30. The van der Waals surface area contributed by atoms with Gasteiger partial charge < -0.3 is 14.8 Å². The molecule has 8 heteroatoms. The van der Waals surface area contributed by atoms with Gasteiger partial charge in [-0.25, -0.2) is 13.2 Å². The number of rotatable bonds is 6. The zero-order valence-electron chi connectivity index (χ0n) is 13.7. The van der Waals surface area contributed by atoms with Crippen molar-refractivity contribution in [2.24, 2.45) is 0 Å². The summed E-state index contributed by atoms with van der Waals surface area (Å²) < 4.78 is 32.9. The molecule has 0 saturated carbocycles. The van der Waals surface area contributed by atoms with Crippen LogP contribution in [0.2, 0.25) is 0 Å². The number of ether oxygens (including phenoxy) is 2. The standard InChI is InChI=1S/C16H21NO6S/c1-11(15(18)17-14-6-7-24(20,21)10-14)23-16(19)13-5-3-4-12(8-13)9-22-2/h3-5,8,11,14H,6-7,9-10H2,1-2H3,(H,17,18)/t11-,14+/m0/s1. The lowest BCUT2D eigenvalue weighted by Gasteiger charge is -2.16. The van der Waals surface area contributed by atoms with E-state index < -0.39 is 33.9 Å². The van der Waals surface area contributed by atoms with E-state index >= 15 is 0 Å². The average Bonchev–Trinajstić information content (AvgIpc) is 2.86. The summed E-state index contributed by atoms with van der Waals surface area (Å²) in [5.74, 6) is -1.12. The molecule has 1 aromatic rings. The van der Waals surface area contributed by atoms with Crippen molar-refractivity contribution in [3.05, 3.63) is 35.4 Å². The maximum atomic E-state index is 12.1. The molecular weight excluding hydrogens is 334 g/mol. The molecule has 0 aromatic heterocycles. The second-order valence-electron chi connectivity index (χ2n) is 5.79. The van der Waals surface area contributed by atoms with Gasteiger partial charge in [-0.05, 0) is 31.0 Å². The van der Waals surface area contributed by atoms with Crippen LogP contribution in [0.25, 0.3) is 0 Å². The Balaban J connectivity index is 1.91. The van der Waals surface area contributed by atoms with Crippen molar-refractivity contribution in [2.75, 3.05) is 18.6 Å². The highest BCUT2D eigenvalue weighted by atomic mass is 32.2. The molecule has 0 aliphatic carbocycles. The largest absolute Gasteiger partial charge is 0.449 e. The number of sulfone groups is 1. The number of nitrogens with one attached hydrogen (secondary N) is 1. The van der Waals surface area contributed by atoms with Gasteiger partial charge in [-0.1, -0.05) is 12.1 Å². The minimum absolute atomic E-state index is 0.0679. The number of methoxy groups -OCH3 is 1. The van der Waals surface area contributed by atoms with Crippen molar-refractivity contribution in [1.29, 1.82) is 0 Å². The molecule has 1 fully saturated rings. The van der Waals surface area contributed by atoms with E-state index in [1.165, 1.54) is 6.92 Å². The van der Waals surface area contributed by atoms with Crippen LogP contribution in [0.15, 0.2) is 24.3 Å². The van der Waals surface area contributed by atoms with E-state index in [4.69, 9.17) is 9.47 Å². The number of carbonyl (C=O) groups is 2. The van der Waals surface area contributed by atoms with Crippen molar-refractivity contribution in [3.8, 4) is 0 Å². The van der Waals surface area contributed by atoms with Gasteiger partial charge in [0.2, 0.25) is 0 Å². The predicted octanol–water partition coefficient (Wildman–Crippen LogP) is 0.682. The van der Waals surface area contributed by atoms with Gasteiger partial charge in [0.1, 0.15) is 0 Å². The summed E-state index contributed by atoms with van der Waals surface area (Å²) in [6.07, 6.45) is -0.625. The normalized spacial score (nSPS) is 20.3. The van der Waals surface area contributed by atoms with E-state index in [-0.39, 0.29) is 11.5 Å². The molecule has 1 N–H and O–H groups in total. The Morgan fingerprint density at radius 2 is 2.12 bits per heavy atom. The summed E-state index contributed by atoms with van der Waals surface area (Å²) in [7, 11) is -1.52. The minimum Gasteiger partial charge on any atom is -0.449 e. The maximum Gasteiger partial charge on any atom is 0.338 e. The first kappa shape index (κ1) is 18.4. The lowest BCUT2D eigenvalue weighted by Crippen LogP contribution is -2.42. The van der Waals surface area contributed by atoms with Gasteiger partial charge in [0.15, 0.2) is 15.9 Å². The number of amides is 1. The molecule has 1 amide bonds. The summed E-state index contributed by atoms with van der Waals surface area (Å²) in [5, 5.41) is 2.61. The molecule has 24 heavy (non-hydrogen) atoms. The molecule has 1 heterocycles. The van der Waals surface area contributed by atoms with Crippen LogP contribution in [-0.4, -0.2) is 51.1 Å². The van der Waals surface area contributed by atoms with E-state index in [1.807, 2.05) is 6.07 Å². The highest BCUT2D eigenvalue weighted by molar-refractivity contribution is 7.91. The Morgan fingerprint density at radius 3 is 2.75 bits per heavy atom. The van der Waals surface area contributed by atoms with Crippen molar-refractivity contribution < 1.29 is 27.5 Å². The van der Waals surface area contributed by atoms with Crippen LogP contribution >= 0.6 is 0 Å². The van der Waals surface area contributed by atoms with Gasteiger partial charge >= 0.3 is 5.97 Å². The number of hydrogen-bond donors (Lipinski definition) is 1. The zero-order valence-corrected chi connectivity index (χ0v) is 14.5. The van der Waals surface area contributed by atoms with E-state index in [9.17, 15) is 18.0 Å². The topological polar surface area (TPSA) is 98.8 Å². The van der Waals surface area contributed by atoms with Crippen LogP contribution in [0.5, 0.6) is 0 Å². The molecular formula is C16H21NO6S. The summed E-state index contributed by atoms with van der Waals surface area (Å²) in [5.41, 5.74) is 1.15. The van der Waals surface area contributed by atoms with Crippen LogP contribution in [0, 0.1) is 0 Å². The number of hydrogen-bond acceptors (Lipinski definition) is 6. The van der Waals surface area contributed by atoms with Gasteiger partial charge in [-0.2, -0.15) is 0 Å². The van der Waals surface area contributed by atoms with Crippen molar-refractivity contribution in [3.63, 3.8) is 0 Å². The van der Waals surface area contributed by atoms with Crippen LogP contribution in [0.1, 0.15) is 29.3 Å². The molecule has 132 valence electrons. The molecule has 1 aliphatic heterocycles. The summed E-state index contributed by atoms with van der Waals surface area (Å²) in [6.45, 7) is 1.82. The molecule has 0 unspecified atom stereocenters. The van der Waals surface area contributed by atoms with Crippen LogP contribution in [0.3, 0.4) is 0 Å². The van der Waals surface area contributed by atoms with E-state index in [0.29, 0.717) is 18.6 Å². The predicted molar refractivity (Wildman–Crippen MR) is 87.2 cm³/mol.